The van der Waals surface area contributed by atoms with Gasteiger partial charge in [0.15, 0.2) is 0 Å². The molecule has 1 heterocycles. The Morgan fingerprint density at radius 3 is 2.45 bits per heavy atom. The Morgan fingerprint density at radius 2 is 1.90 bits per heavy atom. The molecular formula is C17H27ClN2. The van der Waals surface area contributed by atoms with E-state index in [1.54, 1.807) is 0 Å². The van der Waals surface area contributed by atoms with Crippen molar-refractivity contribution in [2.24, 2.45) is 0 Å². The summed E-state index contributed by atoms with van der Waals surface area (Å²) in [5, 5.41) is 4.57. The lowest BCUT2D eigenvalue weighted by atomic mass is 9.97. The van der Waals surface area contributed by atoms with Crippen molar-refractivity contribution in [2.75, 3.05) is 13.1 Å². The standard InChI is InChI=1S/C17H27ClN2/c1-13(14-6-5-7-15(18)12-14)19-16-8-10-20(11-9-16)17(2,3)4/h5-7,12-13,16,19H,8-11H2,1-4H3. The predicted molar refractivity (Wildman–Crippen MR) is 87.4 cm³/mol. The van der Waals surface area contributed by atoms with Crippen molar-refractivity contribution in [3.63, 3.8) is 0 Å². The quantitative estimate of drug-likeness (QED) is 0.896. The minimum Gasteiger partial charge on any atom is -0.307 e. The molecule has 1 saturated heterocycles. The average Bonchev–Trinajstić information content (AvgIpc) is 2.38. The minimum atomic E-state index is 0.295. The molecule has 0 spiro atoms. The lowest BCUT2D eigenvalue weighted by molar-refractivity contribution is 0.0942. The van der Waals surface area contributed by atoms with Crippen molar-refractivity contribution >= 4 is 11.6 Å². The van der Waals surface area contributed by atoms with Crippen molar-refractivity contribution in [3.05, 3.63) is 34.9 Å². The number of rotatable bonds is 3. The Hall–Kier alpha value is -0.570. The second-order valence-corrected chi connectivity index (χ2v) is 7.31. The van der Waals surface area contributed by atoms with Gasteiger partial charge in [0.2, 0.25) is 0 Å². The van der Waals surface area contributed by atoms with E-state index in [-0.39, 0.29) is 0 Å². The number of hydrogen-bond acceptors (Lipinski definition) is 2. The smallest absolute Gasteiger partial charge is 0.0409 e. The van der Waals surface area contributed by atoms with Gasteiger partial charge in [0.05, 0.1) is 0 Å². The molecule has 1 N–H and O–H groups in total. The summed E-state index contributed by atoms with van der Waals surface area (Å²) in [4.78, 5) is 2.58. The number of benzene rings is 1. The van der Waals surface area contributed by atoms with Crippen LogP contribution in [0.15, 0.2) is 24.3 Å². The fourth-order valence-corrected chi connectivity index (χ4v) is 3.14. The van der Waals surface area contributed by atoms with Crippen molar-refractivity contribution in [1.82, 2.24) is 10.2 Å². The van der Waals surface area contributed by atoms with E-state index in [1.165, 1.54) is 31.5 Å². The van der Waals surface area contributed by atoms with Gasteiger partial charge in [0.1, 0.15) is 0 Å². The highest BCUT2D eigenvalue weighted by atomic mass is 35.5. The van der Waals surface area contributed by atoms with Crippen molar-refractivity contribution < 1.29 is 0 Å². The number of nitrogens with one attached hydrogen (secondary N) is 1. The fraction of sp³-hybridized carbons (Fsp3) is 0.647. The molecule has 1 aliphatic heterocycles. The molecule has 1 atom stereocenters. The molecule has 0 radical (unpaired) electrons. The molecular weight excluding hydrogens is 268 g/mol. The van der Waals surface area contributed by atoms with E-state index in [1.807, 2.05) is 12.1 Å². The van der Waals surface area contributed by atoms with Crippen LogP contribution in [-0.4, -0.2) is 29.6 Å². The first kappa shape index (κ1) is 15.8. The lowest BCUT2D eigenvalue weighted by Gasteiger charge is -2.41. The van der Waals surface area contributed by atoms with Gasteiger partial charge < -0.3 is 5.32 Å². The van der Waals surface area contributed by atoms with E-state index in [0.29, 0.717) is 17.6 Å². The fourth-order valence-electron chi connectivity index (χ4n) is 2.94. The molecule has 1 aliphatic rings. The van der Waals surface area contributed by atoms with Crippen LogP contribution in [0, 0.1) is 0 Å². The van der Waals surface area contributed by atoms with E-state index in [9.17, 15) is 0 Å². The normalized spacial score (nSPS) is 20.1. The summed E-state index contributed by atoms with van der Waals surface area (Å²) >= 11 is 6.07. The van der Waals surface area contributed by atoms with Crippen LogP contribution in [0.2, 0.25) is 5.02 Å². The maximum Gasteiger partial charge on any atom is 0.0409 e. The molecule has 20 heavy (non-hydrogen) atoms. The van der Waals surface area contributed by atoms with Gasteiger partial charge in [-0.1, -0.05) is 23.7 Å². The largest absolute Gasteiger partial charge is 0.307 e. The van der Waals surface area contributed by atoms with E-state index < -0.39 is 0 Å². The molecule has 1 aromatic carbocycles. The van der Waals surface area contributed by atoms with Crippen LogP contribution >= 0.6 is 11.6 Å². The number of halogens is 1. The van der Waals surface area contributed by atoms with Crippen LogP contribution in [-0.2, 0) is 0 Å². The summed E-state index contributed by atoms with van der Waals surface area (Å²) in [6, 6.07) is 9.14. The predicted octanol–water partition coefficient (Wildman–Crippen LogP) is 4.25. The molecule has 0 saturated carbocycles. The van der Waals surface area contributed by atoms with Crippen LogP contribution in [0.4, 0.5) is 0 Å². The molecule has 2 rings (SSSR count). The number of likely N-dealkylation sites (tertiary alicyclic amines) is 1. The van der Waals surface area contributed by atoms with Crippen LogP contribution in [0.5, 0.6) is 0 Å². The topological polar surface area (TPSA) is 15.3 Å². The number of nitrogens with zero attached hydrogens (tertiary/aromatic N) is 1. The summed E-state index contributed by atoms with van der Waals surface area (Å²) < 4.78 is 0. The second-order valence-electron chi connectivity index (χ2n) is 6.88. The molecule has 2 nitrogen and oxygen atoms in total. The number of hydrogen-bond donors (Lipinski definition) is 1. The highest BCUT2D eigenvalue weighted by Crippen LogP contribution is 2.23. The first-order valence-corrected chi connectivity index (χ1v) is 8.00. The molecule has 0 bridgehead atoms. The third-order valence-electron chi connectivity index (χ3n) is 4.28. The zero-order chi connectivity index (χ0) is 14.8. The van der Waals surface area contributed by atoms with Gasteiger partial charge in [-0.15, -0.1) is 0 Å². The third-order valence-corrected chi connectivity index (χ3v) is 4.51. The maximum absolute atomic E-state index is 6.07. The first-order valence-electron chi connectivity index (χ1n) is 7.63. The van der Waals surface area contributed by atoms with E-state index in [4.69, 9.17) is 11.6 Å². The molecule has 0 amide bonds. The summed E-state index contributed by atoms with van der Waals surface area (Å²) in [5.41, 5.74) is 1.57. The van der Waals surface area contributed by atoms with E-state index in [0.717, 1.165) is 5.02 Å². The first-order chi connectivity index (χ1) is 9.36. The summed E-state index contributed by atoms with van der Waals surface area (Å²) in [6.45, 7) is 11.5. The van der Waals surface area contributed by atoms with E-state index >= 15 is 0 Å². The van der Waals surface area contributed by atoms with Crippen LogP contribution < -0.4 is 5.32 Å². The van der Waals surface area contributed by atoms with Gasteiger partial charge in [-0.3, -0.25) is 4.90 Å². The summed E-state index contributed by atoms with van der Waals surface area (Å²) in [6.07, 6.45) is 2.45. The Labute approximate surface area is 128 Å². The van der Waals surface area contributed by atoms with Crippen LogP contribution in [0.25, 0.3) is 0 Å². The van der Waals surface area contributed by atoms with Crippen molar-refractivity contribution in [3.8, 4) is 0 Å². The number of piperidine rings is 1. The Kier molecular flexibility index (Phi) is 5.11. The zero-order valence-corrected chi connectivity index (χ0v) is 13.9. The van der Waals surface area contributed by atoms with Crippen molar-refractivity contribution in [1.29, 1.82) is 0 Å². The Balaban J connectivity index is 1.86. The van der Waals surface area contributed by atoms with Gasteiger partial charge in [0.25, 0.3) is 0 Å². The SMILES string of the molecule is CC(NC1CCN(C(C)(C)C)CC1)c1cccc(Cl)c1. The molecule has 3 heteroatoms. The molecule has 1 unspecified atom stereocenters. The molecule has 112 valence electrons. The summed E-state index contributed by atoms with van der Waals surface area (Å²) in [7, 11) is 0. The maximum atomic E-state index is 6.07. The van der Waals surface area contributed by atoms with Gasteiger partial charge >= 0.3 is 0 Å². The zero-order valence-electron chi connectivity index (χ0n) is 13.1. The van der Waals surface area contributed by atoms with Gasteiger partial charge in [-0.05, 0) is 58.2 Å². The molecule has 0 aromatic heterocycles. The van der Waals surface area contributed by atoms with Gasteiger partial charge in [-0.25, -0.2) is 0 Å². The van der Waals surface area contributed by atoms with Gasteiger partial charge in [0, 0.05) is 35.7 Å². The molecule has 1 aromatic rings. The lowest BCUT2D eigenvalue weighted by Crippen LogP contribution is -2.50. The summed E-state index contributed by atoms with van der Waals surface area (Å²) in [5.74, 6) is 0. The monoisotopic (exact) mass is 294 g/mol. The van der Waals surface area contributed by atoms with Crippen LogP contribution in [0.3, 0.4) is 0 Å². The van der Waals surface area contributed by atoms with Crippen molar-refractivity contribution in [2.45, 2.75) is 58.2 Å². The molecule has 0 aliphatic carbocycles. The van der Waals surface area contributed by atoms with E-state index in [2.05, 4.69) is 50.0 Å². The third kappa shape index (κ3) is 4.21. The Bertz CT molecular complexity index is 431. The second kappa shape index (κ2) is 6.46. The highest BCUT2D eigenvalue weighted by Gasteiger charge is 2.27. The average molecular weight is 295 g/mol. The van der Waals surface area contributed by atoms with Gasteiger partial charge in [-0.2, -0.15) is 0 Å². The Morgan fingerprint density at radius 1 is 1.25 bits per heavy atom. The van der Waals surface area contributed by atoms with Crippen LogP contribution in [0.1, 0.15) is 52.1 Å². The molecule has 1 fully saturated rings. The minimum absolute atomic E-state index is 0.295. The highest BCUT2D eigenvalue weighted by molar-refractivity contribution is 6.30.